The van der Waals surface area contributed by atoms with Crippen LogP contribution in [0.15, 0.2) is 42.5 Å². The van der Waals surface area contributed by atoms with Crippen LogP contribution in [0.25, 0.3) is 10.8 Å². The van der Waals surface area contributed by atoms with Crippen molar-refractivity contribution in [2.45, 2.75) is 18.8 Å². The first-order valence-corrected chi connectivity index (χ1v) is 5.68. The molecule has 18 heavy (non-hydrogen) atoms. The Balaban J connectivity index is 2.73. The Morgan fingerprint density at radius 1 is 1.28 bits per heavy atom. The highest BCUT2D eigenvalue weighted by atomic mass is 16.4. The SMILES string of the molecule is CC(CC#N)(C(=O)O)c1cccc2ccccc12. The van der Waals surface area contributed by atoms with Crippen molar-refractivity contribution in [2.75, 3.05) is 0 Å². The Morgan fingerprint density at radius 3 is 2.61 bits per heavy atom. The lowest BCUT2D eigenvalue weighted by molar-refractivity contribution is -0.143. The number of fused-ring (bicyclic) bond motifs is 1. The molecule has 0 radical (unpaired) electrons. The van der Waals surface area contributed by atoms with Crippen molar-refractivity contribution in [3.63, 3.8) is 0 Å². The van der Waals surface area contributed by atoms with Gasteiger partial charge in [0.25, 0.3) is 0 Å². The van der Waals surface area contributed by atoms with E-state index in [0.717, 1.165) is 10.8 Å². The van der Waals surface area contributed by atoms with Crippen LogP contribution in [-0.4, -0.2) is 11.1 Å². The van der Waals surface area contributed by atoms with Crippen LogP contribution in [0.4, 0.5) is 0 Å². The van der Waals surface area contributed by atoms with E-state index in [2.05, 4.69) is 0 Å². The van der Waals surface area contributed by atoms with Gasteiger partial charge < -0.3 is 5.11 Å². The summed E-state index contributed by atoms with van der Waals surface area (Å²) < 4.78 is 0. The number of hydrogen-bond acceptors (Lipinski definition) is 2. The maximum Gasteiger partial charge on any atom is 0.314 e. The summed E-state index contributed by atoms with van der Waals surface area (Å²) in [7, 11) is 0. The Hall–Kier alpha value is -2.34. The largest absolute Gasteiger partial charge is 0.481 e. The van der Waals surface area contributed by atoms with E-state index in [4.69, 9.17) is 5.26 Å². The molecule has 1 unspecified atom stereocenters. The zero-order chi connectivity index (χ0) is 13.2. The van der Waals surface area contributed by atoms with Gasteiger partial charge in [0.1, 0.15) is 5.41 Å². The van der Waals surface area contributed by atoms with Crippen molar-refractivity contribution in [1.82, 2.24) is 0 Å². The number of benzene rings is 2. The summed E-state index contributed by atoms with van der Waals surface area (Å²) >= 11 is 0. The molecule has 1 N–H and O–H groups in total. The van der Waals surface area contributed by atoms with Gasteiger partial charge in [0.05, 0.1) is 12.5 Å². The quantitative estimate of drug-likeness (QED) is 0.895. The second-order valence-corrected chi connectivity index (χ2v) is 4.50. The lowest BCUT2D eigenvalue weighted by Gasteiger charge is -2.24. The smallest absolute Gasteiger partial charge is 0.314 e. The Labute approximate surface area is 105 Å². The molecule has 0 bridgehead atoms. The van der Waals surface area contributed by atoms with Crippen LogP contribution in [0, 0.1) is 11.3 Å². The summed E-state index contributed by atoms with van der Waals surface area (Å²) in [5.74, 6) is -0.972. The minimum absolute atomic E-state index is 0.0453. The molecule has 0 aliphatic heterocycles. The third kappa shape index (κ3) is 1.82. The van der Waals surface area contributed by atoms with Crippen molar-refractivity contribution in [2.24, 2.45) is 0 Å². The molecule has 0 aromatic heterocycles. The topological polar surface area (TPSA) is 61.1 Å². The number of carboxylic acids is 1. The lowest BCUT2D eigenvalue weighted by Crippen LogP contribution is -2.32. The Bertz CT molecular complexity index is 637. The fourth-order valence-electron chi connectivity index (χ4n) is 2.15. The van der Waals surface area contributed by atoms with Crippen molar-refractivity contribution in [1.29, 1.82) is 5.26 Å². The standard InChI is InChI=1S/C15H13NO2/c1-15(9-10-16,14(17)18)13-8-4-6-11-5-2-3-7-12(11)13/h2-8H,9H2,1H3,(H,17,18). The normalized spacial score (nSPS) is 13.8. The highest BCUT2D eigenvalue weighted by Gasteiger charge is 2.36. The summed E-state index contributed by atoms with van der Waals surface area (Å²) in [5.41, 5.74) is -0.482. The summed E-state index contributed by atoms with van der Waals surface area (Å²) in [5, 5.41) is 20.2. The molecule has 90 valence electrons. The predicted molar refractivity (Wildman–Crippen MR) is 69.2 cm³/mol. The van der Waals surface area contributed by atoms with Crippen LogP contribution in [0.2, 0.25) is 0 Å². The van der Waals surface area contributed by atoms with E-state index in [9.17, 15) is 9.90 Å². The van der Waals surface area contributed by atoms with E-state index >= 15 is 0 Å². The number of nitriles is 1. The maximum absolute atomic E-state index is 11.5. The summed E-state index contributed by atoms with van der Waals surface area (Å²) in [4.78, 5) is 11.5. The van der Waals surface area contributed by atoms with E-state index in [1.54, 1.807) is 13.0 Å². The minimum Gasteiger partial charge on any atom is -0.481 e. The van der Waals surface area contributed by atoms with Gasteiger partial charge in [-0.3, -0.25) is 4.79 Å². The molecule has 1 atom stereocenters. The molecule has 0 spiro atoms. The number of nitrogens with zero attached hydrogens (tertiary/aromatic N) is 1. The van der Waals surface area contributed by atoms with Gasteiger partial charge in [-0.15, -0.1) is 0 Å². The number of aliphatic carboxylic acids is 1. The molecule has 0 heterocycles. The molecular formula is C15H13NO2. The molecule has 0 saturated carbocycles. The average Bonchev–Trinajstić information content (AvgIpc) is 2.38. The van der Waals surface area contributed by atoms with E-state index < -0.39 is 11.4 Å². The van der Waals surface area contributed by atoms with Crippen molar-refractivity contribution >= 4 is 16.7 Å². The van der Waals surface area contributed by atoms with E-state index in [1.807, 2.05) is 42.5 Å². The molecule has 2 aromatic rings. The van der Waals surface area contributed by atoms with Gasteiger partial charge >= 0.3 is 5.97 Å². The molecule has 2 aromatic carbocycles. The van der Waals surface area contributed by atoms with Crippen molar-refractivity contribution in [3.05, 3.63) is 48.0 Å². The molecule has 0 amide bonds. The Morgan fingerprint density at radius 2 is 1.94 bits per heavy atom. The van der Waals surface area contributed by atoms with Crippen LogP contribution in [0.1, 0.15) is 18.9 Å². The van der Waals surface area contributed by atoms with Gasteiger partial charge in [0, 0.05) is 0 Å². The van der Waals surface area contributed by atoms with E-state index in [-0.39, 0.29) is 6.42 Å². The van der Waals surface area contributed by atoms with Gasteiger partial charge in [-0.2, -0.15) is 5.26 Å². The van der Waals surface area contributed by atoms with Crippen LogP contribution in [0.3, 0.4) is 0 Å². The zero-order valence-electron chi connectivity index (χ0n) is 10.1. The highest BCUT2D eigenvalue weighted by molar-refractivity contribution is 5.93. The second-order valence-electron chi connectivity index (χ2n) is 4.50. The summed E-state index contributed by atoms with van der Waals surface area (Å²) in [6.07, 6.45) is -0.0453. The number of rotatable bonds is 3. The predicted octanol–water partition coefficient (Wildman–Crippen LogP) is 3.10. The van der Waals surface area contributed by atoms with Gasteiger partial charge in [0.2, 0.25) is 0 Å². The summed E-state index contributed by atoms with van der Waals surface area (Å²) in [6, 6.07) is 15.1. The average molecular weight is 239 g/mol. The van der Waals surface area contributed by atoms with Crippen LogP contribution in [0.5, 0.6) is 0 Å². The molecule has 0 aliphatic carbocycles. The lowest BCUT2D eigenvalue weighted by atomic mass is 9.78. The molecule has 0 fully saturated rings. The maximum atomic E-state index is 11.5. The number of hydrogen-bond donors (Lipinski definition) is 1. The fourth-order valence-corrected chi connectivity index (χ4v) is 2.15. The highest BCUT2D eigenvalue weighted by Crippen LogP contribution is 2.33. The molecule has 3 heteroatoms. The number of carboxylic acid groups (broad SMARTS) is 1. The molecule has 0 saturated heterocycles. The molecule has 0 aliphatic rings. The Kier molecular flexibility index (Phi) is 3.03. The van der Waals surface area contributed by atoms with Gasteiger partial charge in [0.15, 0.2) is 0 Å². The van der Waals surface area contributed by atoms with Crippen molar-refractivity contribution < 1.29 is 9.90 Å². The first kappa shape index (κ1) is 12.1. The van der Waals surface area contributed by atoms with E-state index in [0.29, 0.717) is 5.56 Å². The summed E-state index contributed by atoms with van der Waals surface area (Å²) in [6.45, 7) is 1.60. The monoisotopic (exact) mass is 239 g/mol. The molecule has 2 rings (SSSR count). The first-order chi connectivity index (χ1) is 8.59. The van der Waals surface area contributed by atoms with Gasteiger partial charge in [-0.1, -0.05) is 42.5 Å². The molecular weight excluding hydrogens is 226 g/mol. The molecule has 3 nitrogen and oxygen atoms in total. The minimum atomic E-state index is -1.17. The van der Waals surface area contributed by atoms with Gasteiger partial charge in [-0.05, 0) is 23.3 Å². The number of carbonyl (C=O) groups is 1. The first-order valence-electron chi connectivity index (χ1n) is 5.68. The van der Waals surface area contributed by atoms with Crippen molar-refractivity contribution in [3.8, 4) is 6.07 Å². The van der Waals surface area contributed by atoms with Crippen LogP contribution < -0.4 is 0 Å². The second kappa shape index (κ2) is 4.50. The third-order valence-corrected chi connectivity index (χ3v) is 3.29. The third-order valence-electron chi connectivity index (χ3n) is 3.29. The van der Waals surface area contributed by atoms with E-state index in [1.165, 1.54) is 0 Å². The fraction of sp³-hybridized carbons (Fsp3) is 0.200. The van der Waals surface area contributed by atoms with Crippen LogP contribution >= 0.6 is 0 Å². The van der Waals surface area contributed by atoms with Crippen LogP contribution in [-0.2, 0) is 10.2 Å². The van der Waals surface area contributed by atoms with Gasteiger partial charge in [-0.25, -0.2) is 0 Å². The zero-order valence-corrected chi connectivity index (χ0v) is 10.1.